The van der Waals surface area contributed by atoms with Crippen molar-refractivity contribution in [2.24, 2.45) is 5.92 Å². The number of hydrogen-bond donors (Lipinski definition) is 0. The fraction of sp³-hybridized carbons (Fsp3) is 0.267. The molecule has 0 unspecified atom stereocenters. The molecule has 1 fully saturated rings. The Morgan fingerprint density at radius 1 is 0.882 bits per heavy atom. The highest BCUT2D eigenvalue weighted by Crippen LogP contribution is 2.48. The van der Waals surface area contributed by atoms with E-state index in [0.29, 0.717) is 6.04 Å². The first-order chi connectivity index (χ1) is 16.2. The van der Waals surface area contributed by atoms with Crippen LogP contribution >= 0.6 is 0 Å². The van der Waals surface area contributed by atoms with Crippen molar-refractivity contribution in [2.75, 3.05) is 0 Å². The molecule has 5 rings (SSSR count). The van der Waals surface area contributed by atoms with E-state index in [1.807, 2.05) is 12.1 Å². The summed E-state index contributed by atoms with van der Waals surface area (Å²) in [7, 11) is 0. The molecule has 4 heteroatoms. The Labute approximate surface area is 213 Å². The summed E-state index contributed by atoms with van der Waals surface area (Å²) in [6.45, 7) is 3.09. The van der Waals surface area contributed by atoms with E-state index in [4.69, 9.17) is 0 Å². The van der Waals surface area contributed by atoms with Gasteiger partial charge >= 0.3 is 0 Å². The van der Waals surface area contributed by atoms with Crippen LogP contribution in [0, 0.1) is 24.2 Å². The smallest absolute Gasteiger partial charge is 0.253 e. The van der Waals surface area contributed by atoms with Gasteiger partial charge in [0.25, 0.3) is 5.82 Å². The molecule has 0 spiro atoms. The summed E-state index contributed by atoms with van der Waals surface area (Å²) in [5.41, 5.74) is 2.89. The Morgan fingerprint density at radius 2 is 1.44 bits per heavy atom. The zero-order valence-corrected chi connectivity index (χ0v) is 21.1. The summed E-state index contributed by atoms with van der Waals surface area (Å²) in [4.78, 5) is 0. The molecule has 1 aliphatic carbocycles. The van der Waals surface area contributed by atoms with Crippen LogP contribution in [0.3, 0.4) is 0 Å². The van der Waals surface area contributed by atoms with Gasteiger partial charge in [0.15, 0.2) is 0 Å². The van der Waals surface area contributed by atoms with E-state index < -0.39 is 5.41 Å². The first-order valence-electron chi connectivity index (χ1n) is 11.9. The number of halogens is 1. The zero-order valence-electron chi connectivity index (χ0n) is 19.5. The molecule has 0 aliphatic heterocycles. The quantitative estimate of drug-likeness (QED) is 0.366. The van der Waals surface area contributed by atoms with Gasteiger partial charge in [0.1, 0.15) is 30.4 Å². The summed E-state index contributed by atoms with van der Waals surface area (Å²) in [5, 5.41) is 10.7. The molecule has 0 amide bonds. The van der Waals surface area contributed by atoms with Gasteiger partial charge in [-0.1, -0.05) is 91.0 Å². The topological polar surface area (TPSA) is 32.6 Å². The van der Waals surface area contributed by atoms with Crippen LogP contribution in [0.5, 0.6) is 0 Å². The van der Waals surface area contributed by atoms with Crippen molar-refractivity contribution >= 4 is 0 Å². The predicted molar refractivity (Wildman–Crippen MR) is 131 cm³/mol. The maximum Gasteiger partial charge on any atom is 0.253 e. The molecule has 1 aliphatic rings. The summed E-state index contributed by atoms with van der Waals surface area (Å²) in [5.74, 6) is 1.54. The van der Waals surface area contributed by atoms with Crippen LogP contribution in [0.25, 0.3) is 0 Å². The molecule has 3 aromatic carbocycles. The fourth-order valence-corrected chi connectivity index (χ4v) is 5.71. The normalized spacial score (nSPS) is 17.6. The van der Waals surface area contributed by atoms with E-state index in [9.17, 15) is 5.26 Å². The molecule has 1 heterocycles. The minimum Gasteiger partial charge on any atom is -1.00 e. The largest absolute Gasteiger partial charge is 1.00 e. The van der Waals surface area contributed by atoms with Gasteiger partial charge in [-0.25, -0.2) is 9.13 Å². The van der Waals surface area contributed by atoms with Crippen LogP contribution < -0.4 is 21.5 Å². The Kier molecular flexibility index (Phi) is 7.34. The predicted octanol–water partition coefficient (Wildman–Crippen LogP) is 2.99. The number of aromatic nitrogens is 2. The number of rotatable bonds is 6. The summed E-state index contributed by atoms with van der Waals surface area (Å²) in [6, 6.07) is 34.6. The lowest BCUT2D eigenvalue weighted by Crippen LogP contribution is -3.00. The minimum atomic E-state index is -0.627. The second kappa shape index (κ2) is 10.4. The van der Waals surface area contributed by atoms with Crippen molar-refractivity contribution in [1.29, 1.82) is 5.26 Å². The standard InChI is InChI=1S/C30H30N3.BrH/c1-24-32(22-25-11-5-2-6-12-25)19-20-33(24)29-18-17-28(21-29)30(23-31,26-13-7-3-8-14-26)27-15-9-4-10-16-27;/h2-16,19-20,28-29H,17-18,21-22H2,1H3;1H/q+1;/p-1/t28-,29-;/m0./s1. The monoisotopic (exact) mass is 511 g/mol. The van der Waals surface area contributed by atoms with Gasteiger partial charge in [0, 0.05) is 6.92 Å². The van der Waals surface area contributed by atoms with Crippen molar-refractivity contribution in [1.82, 2.24) is 4.57 Å². The van der Waals surface area contributed by atoms with Gasteiger partial charge in [0.05, 0.1) is 6.07 Å². The molecule has 34 heavy (non-hydrogen) atoms. The van der Waals surface area contributed by atoms with Gasteiger partial charge in [-0.05, 0) is 41.9 Å². The van der Waals surface area contributed by atoms with E-state index >= 15 is 0 Å². The lowest BCUT2D eigenvalue weighted by Gasteiger charge is -2.34. The highest BCUT2D eigenvalue weighted by Gasteiger charge is 2.47. The highest BCUT2D eigenvalue weighted by molar-refractivity contribution is 5.47. The van der Waals surface area contributed by atoms with Crippen molar-refractivity contribution in [3.8, 4) is 6.07 Å². The molecule has 0 radical (unpaired) electrons. The molecule has 0 N–H and O–H groups in total. The average molecular weight is 512 g/mol. The number of nitriles is 1. The van der Waals surface area contributed by atoms with Gasteiger partial charge in [-0.2, -0.15) is 5.26 Å². The number of benzene rings is 3. The van der Waals surface area contributed by atoms with Gasteiger partial charge in [-0.3, -0.25) is 0 Å². The second-order valence-electron chi connectivity index (χ2n) is 9.18. The number of imidazole rings is 1. The molecule has 2 atom stereocenters. The third-order valence-corrected chi connectivity index (χ3v) is 7.44. The molecule has 1 aromatic heterocycles. The van der Waals surface area contributed by atoms with E-state index in [-0.39, 0.29) is 22.9 Å². The second-order valence-corrected chi connectivity index (χ2v) is 9.18. The van der Waals surface area contributed by atoms with Crippen molar-refractivity contribution in [3.05, 3.63) is 126 Å². The van der Waals surface area contributed by atoms with E-state index in [1.54, 1.807) is 0 Å². The van der Waals surface area contributed by atoms with Crippen molar-refractivity contribution in [3.63, 3.8) is 0 Å². The molecule has 0 saturated heterocycles. The first kappa shape index (κ1) is 24.0. The van der Waals surface area contributed by atoms with Crippen LogP contribution in [-0.4, -0.2) is 4.57 Å². The van der Waals surface area contributed by atoms with Gasteiger partial charge in [-0.15, -0.1) is 0 Å². The molecule has 4 aromatic rings. The summed E-state index contributed by atoms with van der Waals surface area (Å²) >= 11 is 0. The lowest BCUT2D eigenvalue weighted by molar-refractivity contribution is -0.727. The average Bonchev–Trinajstić information content (AvgIpc) is 3.50. The van der Waals surface area contributed by atoms with Gasteiger partial charge < -0.3 is 17.0 Å². The molecule has 3 nitrogen and oxygen atoms in total. The van der Waals surface area contributed by atoms with E-state index in [2.05, 4.69) is 113 Å². The van der Waals surface area contributed by atoms with Crippen molar-refractivity contribution in [2.45, 2.75) is 44.2 Å². The molecular formula is C30H30BrN3. The lowest BCUT2D eigenvalue weighted by atomic mass is 9.66. The Morgan fingerprint density at radius 3 is 2.00 bits per heavy atom. The summed E-state index contributed by atoms with van der Waals surface area (Å²) in [6.07, 6.45) is 7.55. The SMILES string of the molecule is Cc1n(Cc2ccccc2)cc[n+]1[C@H]1CC[C@H](C(C#N)(c2ccccc2)c2ccccc2)C1.[Br-]. The maximum atomic E-state index is 10.7. The minimum absolute atomic E-state index is 0. The van der Waals surface area contributed by atoms with Gasteiger partial charge in [0.2, 0.25) is 0 Å². The molecule has 172 valence electrons. The van der Waals surface area contributed by atoms with Crippen LogP contribution in [0.4, 0.5) is 0 Å². The molecule has 1 saturated carbocycles. The Hall–Kier alpha value is -3.16. The fourth-order valence-electron chi connectivity index (χ4n) is 5.71. The molecular weight excluding hydrogens is 482 g/mol. The van der Waals surface area contributed by atoms with Crippen molar-refractivity contribution < 1.29 is 21.5 Å². The molecule has 0 bridgehead atoms. The van der Waals surface area contributed by atoms with Crippen LogP contribution in [0.2, 0.25) is 0 Å². The number of hydrogen-bond acceptors (Lipinski definition) is 1. The third kappa shape index (κ3) is 4.33. The zero-order chi connectivity index (χ0) is 22.7. The van der Waals surface area contributed by atoms with Crippen LogP contribution in [0.1, 0.15) is 47.8 Å². The Balaban J connectivity index is 0.00000274. The van der Waals surface area contributed by atoms with E-state index in [0.717, 1.165) is 36.9 Å². The third-order valence-electron chi connectivity index (χ3n) is 7.44. The van der Waals surface area contributed by atoms with Crippen LogP contribution in [-0.2, 0) is 12.0 Å². The maximum absolute atomic E-state index is 10.7. The Bertz CT molecular complexity index is 1200. The number of nitrogens with zero attached hydrogens (tertiary/aromatic N) is 3. The van der Waals surface area contributed by atoms with E-state index in [1.165, 1.54) is 11.4 Å². The summed E-state index contributed by atoms with van der Waals surface area (Å²) < 4.78 is 4.76. The first-order valence-corrected chi connectivity index (χ1v) is 11.9. The highest BCUT2D eigenvalue weighted by atomic mass is 79.9. The van der Waals surface area contributed by atoms with Crippen LogP contribution in [0.15, 0.2) is 103 Å².